The van der Waals surface area contributed by atoms with Crippen LogP contribution in [0.2, 0.25) is 0 Å². The maximum atomic E-state index is 6.36. The third kappa shape index (κ3) is 3.52. The molecule has 3 heterocycles. The second-order valence-corrected chi connectivity index (χ2v) is 9.69. The van der Waals surface area contributed by atoms with Gasteiger partial charge in [-0.05, 0) is 67.0 Å². The number of fused-ring (bicyclic) bond motifs is 5. The Balaban J connectivity index is 1.51. The number of alkyl halides is 1. The molecule has 0 spiro atoms. The summed E-state index contributed by atoms with van der Waals surface area (Å²) < 4.78 is 23.5. The molecule has 4 aliphatic rings. The summed E-state index contributed by atoms with van der Waals surface area (Å²) in [5.41, 5.74) is 6.40. The van der Waals surface area contributed by atoms with Crippen LogP contribution in [0, 0.1) is 5.92 Å². The van der Waals surface area contributed by atoms with Crippen LogP contribution in [-0.2, 0) is 6.42 Å². The van der Waals surface area contributed by atoms with E-state index in [1.54, 1.807) is 7.11 Å². The van der Waals surface area contributed by atoms with Crippen molar-refractivity contribution in [3.8, 4) is 23.0 Å². The van der Waals surface area contributed by atoms with Crippen LogP contribution in [0.25, 0.3) is 11.8 Å². The summed E-state index contributed by atoms with van der Waals surface area (Å²) in [6, 6.07) is 8.85. The van der Waals surface area contributed by atoms with E-state index in [1.165, 1.54) is 53.6 Å². The third-order valence-corrected chi connectivity index (χ3v) is 7.78. The molecule has 0 saturated heterocycles. The van der Waals surface area contributed by atoms with E-state index in [1.807, 2.05) is 6.07 Å². The molecule has 0 bridgehead atoms. The Morgan fingerprint density at radius 2 is 1.94 bits per heavy atom. The van der Waals surface area contributed by atoms with Crippen LogP contribution in [0.4, 0.5) is 0 Å². The summed E-state index contributed by atoms with van der Waals surface area (Å²) in [5, 5.41) is 0. The summed E-state index contributed by atoms with van der Waals surface area (Å²) in [6.07, 6.45) is 9.23. The van der Waals surface area contributed by atoms with E-state index in [4.69, 9.17) is 30.5 Å². The fourth-order valence-corrected chi connectivity index (χ4v) is 6.13. The van der Waals surface area contributed by atoms with E-state index in [0.29, 0.717) is 25.2 Å². The van der Waals surface area contributed by atoms with Crippen LogP contribution >= 0.6 is 11.6 Å². The standard InChI is InChI=1S/C27H30ClNO4/c1-30-22-8-7-19-13-21-20-15-24-23(32-16-33-24)14-18(20)9-11-29(21)26(17-5-2-3-6-17)25(19)27(22)31-12-4-10-28/h7-8,13-15,17,26H,2-6,9-12,16H2,1H3/t26-/m1/s1. The molecule has 1 aliphatic carbocycles. The highest BCUT2D eigenvalue weighted by Gasteiger charge is 2.41. The maximum Gasteiger partial charge on any atom is 0.231 e. The van der Waals surface area contributed by atoms with Gasteiger partial charge in [-0.1, -0.05) is 18.9 Å². The van der Waals surface area contributed by atoms with Gasteiger partial charge in [0.2, 0.25) is 6.79 Å². The number of rotatable bonds is 6. The van der Waals surface area contributed by atoms with Crippen LogP contribution in [0.1, 0.15) is 60.4 Å². The largest absolute Gasteiger partial charge is 0.493 e. The van der Waals surface area contributed by atoms with Gasteiger partial charge in [-0.15, -0.1) is 11.6 Å². The topological polar surface area (TPSA) is 40.2 Å². The van der Waals surface area contributed by atoms with Crippen LogP contribution in [0.15, 0.2) is 24.3 Å². The summed E-state index contributed by atoms with van der Waals surface area (Å²) >= 11 is 5.95. The first-order valence-electron chi connectivity index (χ1n) is 12.1. The zero-order valence-electron chi connectivity index (χ0n) is 19.1. The molecule has 5 nitrogen and oxygen atoms in total. The molecule has 0 aromatic heterocycles. The third-order valence-electron chi connectivity index (χ3n) is 7.51. The Labute approximate surface area is 200 Å². The van der Waals surface area contributed by atoms with Crippen molar-refractivity contribution in [3.63, 3.8) is 0 Å². The van der Waals surface area contributed by atoms with Crippen LogP contribution in [0.3, 0.4) is 0 Å². The Hall–Kier alpha value is -2.53. The Morgan fingerprint density at radius 3 is 2.73 bits per heavy atom. The number of halogens is 1. The average Bonchev–Trinajstić information content (AvgIpc) is 3.53. The molecule has 1 saturated carbocycles. The van der Waals surface area contributed by atoms with E-state index in [0.717, 1.165) is 42.4 Å². The van der Waals surface area contributed by atoms with Gasteiger partial charge in [0.1, 0.15) is 0 Å². The quantitative estimate of drug-likeness (QED) is 0.383. The van der Waals surface area contributed by atoms with Gasteiger partial charge in [-0.2, -0.15) is 0 Å². The highest BCUT2D eigenvalue weighted by Crippen LogP contribution is 2.54. The van der Waals surface area contributed by atoms with Crippen LogP contribution < -0.4 is 18.9 Å². The number of nitrogens with zero attached hydrogens (tertiary/aromatic N) is 1. The minimum absolute atomic E-state index is 0.280. The smallest absolute Gasteiger partial charge is 0.231 e. The fourth-order valence-electron chi connectivity index (χ4n) is 6.03. The molecular weight excluding hydrogens is 438 g/mol. The summed E-state index contributed by atoms with van der Waals surface area (Å²) in [5.74, 6) is 4.61. The maximum absolute atomic E-state index is 6.36. The monoisotopic (exact) mass is 467 g/mol. The summed E-state index contributed by atoms with van der Waals surface area (Å²) in [4.78, 5) is 2.62. The van der Waals surface area contributed by atoms with Crippen molar-refractivity contribution in [2.45, 2.75) is 44.6 Å². The molecule has 3 aliphatic heterocycles. The highest BCUT2D eigenvalue weighted by molar-refractivity contribution is 6.17. The first kappa shape index (κ1) is 21.0. The lowest BCUT2D eigenvalue weighted by molar-refractivity contribution is 0.174. The summed E-state index contributed by atoms with van der Waals surface area (Å²) in [7, 11) is 1.73. The number of ether oxygens (including phenoxy) is 4. The van der Waals surface area contributed by atoms with E-state index < -0.39 is 0 Å². The molecule has 1 fully saturated rings. The first-order valence-corrected chi connectivity index (χ1v) is 12.6. The highest BCUT2D eigenvalue weighted by atomic mass is 35.5. The molecule has 33 heavy (non-hydrogen) atoms. The van der Waals surface area contributed by atoms with E-state index in [-0.39, 0.29) is 6.04 Å². The van der Waals surface area contributed by atoms with E-state index in [9.17, 15) is 0 Å². The number of hydrogen-bond donors (Lipinski definition) is 0. The van der Waals surface area contributed by atoms with Gasteiger partial charge < -0.3 is 23.8 Å². The molecule has 0 N–H and O–H groups in total. The predicted octanol–water partition coefficient (Wildman–Crippen LogP) is 6.03. The number of benzene rings is 2. The lowest BCUT2D eigenvalue weighted by Crippen LogP contribution is -2.39. The van der Waals surface area contributed by atoms with E-state index in [2.05, 4.69) is 29.2 Å². The van der Waals surface area contributed by atoms with Crippen molar-refractivity contribution in [1.29, 1.82) is 0 Å². The van der Waals surface area contributed by atoms with Gasteiger partial charge in [-0.3, -0.25) is 0 Å². The molecule has 0 radical (unpaired) electrons. The molecule has 0 amide bonds. The van der Waals surface area contributed by atoms with Gasteiger partial charge in [0.15, 0.2) is 23.0 Å². The minimum Gasteiger partial charge on any atom is -0.493 e. The lowest BCUT2D eigenvalue weighted by Gasteiger charge is -2.46. The fraction of sp³-hybridized carbons (Fsp3) is 0.481. The van der Waals surface area contributed by atoms with Gasteiger partial charge in [-0.25, -0.2) is 0 Å². The zero-order valence-corrected chi connectivity index (χ0v) is 19.8. The van der Waals surface area contributed by atoms with Gasteiger partial charge >= 0.3 is 0 Å². The SMILES string of the molecule is COc1ccc2c(c1OCCCCl)[C@@H](C1CCCC1)N1CCc3cc4c(cc3C1=C2)OCO4. The van der Waals surface area contributed by atoms with Crippen LogP contribution in [0.5, 0.6) is 23.0 Å². The second kappa shape index (κ2) is 8.68. The molecule has 6 heteroatoms. The molecule has 6 rings (SSSR count). The van der Waals surface area contributed by atoms with Crippen molar-refractivity contribution in [3.05, 3.63) is 46.5 Å². The van der Waals surface area contributed by atoms with Gasteiger partial charge in [0, 0.05) is 29.2 Å². The van der Waals surface area contributed by atoms with Crippen LogP contribution in [-0.4, -0.2) is 37.8 Å². The summed E-state index contributed by atoms with van der Waals surface area (Å²) in [6.45, 7) is 1.88. The van der Waals surface area contributed by atoms with Gasteiger partial charge in [0.05, 0.1) is 19.8 Å². The molecule has 2 aromatic carbocycles. The lowest BCUT2D eigenvalue weighted by atomic mass is 9.80. The Bertz CT molecular complexity index is 1090. The van der Waals surface area contributed by atoms with Crippen molar-refractivity contribution < 1.29 is 18.9 Å². The molecule has 174 valence electrons. The van der Waals surface area contributed by atoms with Crippen molar-refractivity contribution in [2.24, 2.45) is 5.92 Å². The van der Waals surface area contributed by atoms with Crippen molar-refractivity contribution in [2.75, 3.05) is 32.9 Å². The Morgan fingerprint density at radius 1 is 1.12 bits per heavy atom. The van der Waals surface area contributed by atoms with E-state index >= 15 is 0 Å². The predicted molar refractivity (Wildman–Crippen MR) is 129 cm³/mol. The van der Waals surface area contributed by atoms with Crippen molar-refractivity contribution >= 4 is 23.4 Å². The number of methoxy groups -OCH3 is 1. The molecule has 1 atom stereocenters. The molecule has 0 unspecified atom stereocenters. The average molecular weight is 468 g/mol. The molecule has 2 aromatic rings. The van der Waals surface area contributed by atoms with Crippen molar-refractivity contribution in [1.82, 2.24) is 4.90 Å². The first-order chi connectivity index (χ1) is 16.3. The normalized spacial score (nSPS) is 20.7. The zero-order chi connectivity index (χ0) is 22.4. The second-order valence-electron chi connectivity index (χ2n) is 9.32. The Kier molecular flexibility index (Phi) is 5.53. The molecular formula is C27H30ClNO4. The number of hydrogen-bond acceptors (Lipinski definition) is 5. The van der Waals surface area contributed by atoms with Gasteiger partial charge in [0.25, 0.3) is 0 Å². The minimum atomic E-state index is 0.280.